The molecule has 0 saturated carbocycles. The van der Waals surface area contributed by atoms with E-state index in [2.05, 4.69) is 68.4 Å². The average molecular weight is 357 g/mol. The number of thiophene rings is 1. The van der Waals surface area contributed by atoms with Crippen molar-refractivity contribution in [3.63, 3.8) is 0 Å². The molecule has 2 heterocycles. The first kappa shape index (κ1) is 17.8. The van der Waals surface area contributed by atoms with Gasteiger partial charge >= 0.3 is 0 Å². The molecule has 25 heavy (non-hydrogen) atoms. The third kappa shape index (κ3) is 5.49. The molecule has 0 amide bonds. The summed E-state index contributed by atoms with van der Waals surface area (Å²) < 4.78 is 0. The highest BCUT2D eigenvalue weighted by Gasteiger charge is 2.20. The van der Waals surface area contributed by atoms with Crippen molar-refractivity contribution in [2.24, 2.45) is 4.99 Å². The molecule has 0 unspecified atom stereocenters. The Morgan fingerprint density at radius 3 is 2.64 bits per heavy atom. The van der Waals surface area contributed by atoms with Crippen molar-refractivity contribution in [2.75, 3.05) is 31.6 Å². The van der Waals surface area contributed by atoms with Crippen molar-refractivity contribution in [2.45, 2.75) is 31.7 Å². The quantitative estimate of drug-likeness (QED) is 0.473. The Bertz CT molecular complexity index is 631. The fraction of sp³-hybridized carbons (Fsp3) is 0.450. The zero-order valence-corrected chi connectivity index (χ0v) is 15.8. The molecule has 1 aliphatic rings. The first-order valence-electron chi connectivity index (χ1n) is 9.15. The molecule has 1 aromatic carbocycles. The predicted molar refractivity (Wildman–Crippen MR) is 109 cm³/mol. The molecule has 0 aliphatic carbocycles. The molecule has 1 fully saturated rings. The third-order valence-corrected chi connectivity index (χ3v) is 5.58. The first-order chi connectivity index (χ1) is 12.3. The van der Waals surface area contributed by atoms with Crippen LogP contribution in [0.3, 0.4) is 0 Å². The number of hydrogen-bond acceptors (Lipinski definition) is 3. The first-order valence-corrected chi connectivity index (χ1v) is 10.0. The van der Waals surface area contributed by atoms with Gasteiger partial charge in [0.25, 0.3) is 0 Å². The second-order valence-corrected chi connectivity index (χ2v) is 7.37. The van der Waals surface area contributed by atoms with Gasteiger partial charge in [0.15, 0.2) is 5.96 Å². The smallest absolute Gasteiger partial charge is 0.191 e. The van der Waals surface area contributed by atoms with E-state index in [9.17, 15) is 0 Å². The summed E-state index contributed by atoms with van der Waals surface area (Å²) in [6, 6.07) is 15.5. The maximum absolute atomic E-state index is 4.38. The molecule has 0 atom stereocenters. The van der Waals surface area contributed by atoms with Crippen molar-refractivity contribution in [3.05, 3.63) is 53.4 Å². The van der Waals surface area contributed by atoms with Crippen LogP contribution in [0.1, 0.15) is 24.8 Å². The van der Waals surface area contributed by atoms with E-state index in [1.165, 1.54) is 10.6 Å². The van der Waals surface area contributed by atoms with Gasteiger partial charge in [-0.1, -0.05) is 30.3 Å². The van der Waals surface area contributed by atoms with E-state index in [4.69, 9.17) is 0 Å². The molecule has 1 aliphatic heterocycles. The molecule has 3 rings (SSSR count). The summed E-state index contributed by atoms with van der Waals surface area (Å²) in [5.41, 5.74) is 1.40. The summed E-state index contributed by atoms with van der Waals surface area (Å²) in [5.74, 6) is 0.933. The lowest BCUT2D eigenvalue weighted by atomic mass is 10.1. The van der Waals surface area contributed by atoms with Gasteiger partial charge in [-0.25, -0.2) is 0 Å². The number of benzene rings is 1. The molecule has 0 spiro atoms. The fourth-order valence-electron chi connectivity index (χ4n) is 3.23. The predicted octanol–water partition coefficient (Wildman–Crippen LogP) is 3.51. The normalized spacial score (nSPS) is 16.0. The minimum Gasteiger partial charge on any atom is -0.363 e. The molecule has 0 radical (unpaired) electrons. The second kappa shape index (κ2) is 9.47. The summed E-state index contributed by atoms with van der Waals surface area (Å²) in [6.45, 7) is 3.18. The van der Waals surface area contributed by atoms with Gasteiger partial charge in [-0.05, 0) is 48.8 Å². The summed E-state index contributed by atoms with van der Waals surface area (Å²) in [7, 11) is 1.85. The standard InChI is InChI=1S/C20H28N4S/c1-21-20(22-13-5-9-17-7-3-2-4-8-17)23-18-11-14-24(15-12-18)19-10-6-16-25-19/h2-4,6-8,10,16,18H,5,9,11-15H2,1H3,(H2,21,22,23). The number of aliphatic imine (C=N–C) groups is 1. The lowest BCUT2D eigenvalue weighted by molar-refractivity contribution is 0.462. The van der Waals surface area contributed by atoms with Crippen LogP contribution in [0.5, 0.6) is 0 Å². The Kier molecular flexibility index (Phi) is 6.74. The number of piperidine rings is 1. The van der Waals surface area contributed by atoms with E-state index in [0.717, 1.165) is 51.3 Å². The number of guanidine groups is 1. The number of hydrogen-bond donors (Lipinski definition) is 2. The van der Waals surface area contributed by atoms with Crippen LogP contribution in [0.25, 0.3) is 0 Å². The zero-order valence-electron chi connectivity index (χ0n) is 14.9. The number of aryl methyl sites for hydroxylation is 1. The van der Waals surface area contributed by atoms with Crippen LogP contribution < -0.4 is 15.5 Å². The number of nitrogens with one attached hydrogen (secondary N) is 2. The van der Waals surface area contributed by atoms with Gasteiger partial charge in [0.05, 0.1) is 5.00 Å². The van der Waals surface area contributed by atoms with Crippen LogP contribution in [0.2, 0.25) is 0 Å². The molecular weight excluding hydrogens is 328 g/mol. The molecule has 2 N–H and O–H groups in total. The Morgan fingerprint density at radius 1 is 1.16 bits per heavy atom. The monoisotopic (exact) mass is 356 g/mol. The Labute approximate surface area is 155 Å². The van der Waals surface area contributed by atoms with E-state index < -0.39 is 0 Å². The van der Waals surface area contributed by atoms with Crippen molar-refractivity contribution in [1.29, 1.82) is 0 Å². The Balaban J connectivity index is 1.35. The van der Waals surface area contributed by atoms with E-state index in [0.29, 0.717) is 6.04 Å². The summed E-state index contributed by atoms with van der Waals surface area (Å²) in [6.07, 6.45) is 4.52. The van der Waals surface area contributed by atoms with Crippen LogP contribution >= 0.6 is 11.3 Å². The number of nitrogens with zero attached hydrogens (tertiary/aromatic N) is 2. The van der Waals surface area contributed by atoms with Gasteiger partial charge in [-0.2, -0.15) is 0 Å². The highest BCUT2D eigenvalue weighted by Crippen LogP contribution is 2.24. The molecule has 2 aromatic rings. The molecule has 134 valence electrons. The molecule has 0 bridgehead atoms. The largest absolute Gasteiger partial charge is 0.363 e. The maximum atomic E-state index is 4.38. The highest BCUT2D eigenvalue weighted by molar-refractivity contribution is 7.14. The van der Waals surface area contributed by atoms with Gasteiger partial charge in [0.2, 0.25) is 0 Å². The van der Waals surface area contributed by atoms with Crippen LogP contribution in [0, 0.1) is 0 Å². The zero-order chi connectivity index (χ0) is 17.3. The van der Waals surface area contributed by atoms with E-state index in [1.807, 2.05) is 18.4 Å². The maximum Gasteiger partial charge on any atom is 0.191 e. The van der Waals surface area contributed by atoms with Crippen LogP contribution in [-0.4, -0.2) is 38.7 Å². The summed E-state index contributed by atoms with van der Waals surface area (Å²) >= 11 is 1.83. The third-order valence-electron chi connectivity index (χ3n) is 4.65. The van der Waals surface area contributed by atoms with Crippen molar-refractivity contribution in [3.8, 4) is 0 Å². The molecular formula is C20H28N4S. The number of anilines is 1. The van der Waals surface area contributed by atoms with Crippen LogP contribution in [0.4, 0.5) is 5.00 Å². The SMILES string of the molecule is CN=C(NCCCc1ccccc1)NC1CCN(c2cccs2)CC1. The Hall–Kier alpha value is -2.01. The van der Waals surface area contributed by atoms with Gasteiger partial charge in [0, 0.05) is 32.7 Å². The molecule has 5 heteroatoms. The van der Waals surface area contributed by atoms with Crippen molar-refractivity contribution >= 4 is 22.3 Å². The summed E-state index contributed by atoms with van der Waals surface area (Å²) in [5, 5.41) is 10.6. The Morgan fingerprint density at radius 2 is 1.96 bits per heavy atom. The second-order valence-electron chi connectivity index (χ2n) is 6.45. The topological polar surface area (TPSA) is 39.7 Å². The van der Waals surface area contributed by atoms with Gasteiger partial charge < -0.3 is 15.5 Å². The van der Waals surface area contributed by atoms with Gasteiger partial charge in [-0.15, -0.1) is 11.3 Å². The molecule has 4 nitrogen and oxygen atoms in total. The lowest BCUT2D eigenvalue weighted by Crippen LogP contribution is -2.48. The average Bonchev–Trinajstić information content (AvgIpc) is 3.20. The lowest BCUT2D eigenvalue weighted by Gasteiger charge is -2.33. The van der Waals surface area contributed by atoms with Crippen molar-refractivity contribution < 1.29 is 0 Å². The van der Waals surface area contributed by atoms with Gasteiger partial charge in [-0.3, -0.25) is 4.99 Å². The minimum absolute atomic E-state index is 0.511. The fourth-order valence-corrected chi connectivity index (χ4v) is 4.01. The van der Waals surface area contributed by atoms with E-state index >= 15 is 0 Å². The van der Waals surface area contributed by atoms with Crippen molar-refractivity contribution in [1.82, 2.24) is 10.6 Å². The van der Waals surface area contributed by atoms with Crippen LogP contribution in [-0.2, 0) is 6.42 Å². The molecule has 1 saturated heterocycles. The van der Waals surface area contributed by atoms with E-state index in [1.54, 1.807) is 0 Å². The van der Waals surface area contributed by atoms with Gasteiger partial charge in [0.1, 0.15) is 0 Å². The van der Waals surface area contributed by atoms with E-state index in [-0.39, 0.29) is 0 Å². The highest BCUT2D eigenvalue weighted by atomic mass is 32.1. The minimum atomic E-state index is 0.511. The summed E-state index contributed by atoms with van der Waals surface area (Å²) in [4.78, 5) is 6.86. The number of rotatable bonds is 6. The van der Waals surface area contributed by atoms with Crippen LogP contribution in [0.15, 0.2) is 52.8 Å². The molecule has 1 aromatic heterocycles.